The van der Waals surface area contributed by atoms with Crippen LogP contribution in [0.5, 0.6) is 0 Å². The number of likely N-dealkylation sites (tertiary alicyclic amines) is 1. The highest BCUT2D eigenvalue weighted by molar-refractivity contribution is 5.98. The number of para-hydroxylation sites is 1. The van der Waals surface area contributed by atoms with Crippen LogP contribution in [0, 0.1) is 19.8 Å². The normalized spacial score (nSPS) is 22.4. The predicted octanol–water partition coefficient (Wildman–Crippen LogP) is 3.42. The summed E-state index contributed by atoms with van der Waals surface area (Å²) >= 11 is 0. The van der Waals surface area contributed by atoms with E-state index < -0.39 is 0 Å². The highest BCUT2D eigenvalue weighted by Crippen LogP contribution is 2.29. The molecule has 1 aromatic rings. The first-order chi connectivity index (χ1) is 11.1. The molecule has 23 heavy (non-hydrogen) atoms. The zero-order chi connectivity index (χ0) is 16.4. The number of nitrogens with one attached hydrogen (secondary N) is 1. The van der Waals surface area contributed by atoms with Crippen molar-refractivity contribution in [2.45, 2.75) is 58.4 Å². The van der Waals surface area contributed by atoms with Gasteiger partial charge in [0.1, 0.15) is 0 Å². The Morgan fingerprint density at radius 3 is 2.43 bits per heavy atom. The molecule has 1 N–H and O–H groups in total. The van der Waals surface area contributed by atoms with E-state index in [1.807, 2.05) is 36.9 Å². The first kappa shape index (κ1) is 16.0. The second-order valence-electron chi connectivity index (χ2n) is 7.00. The maximum absolute atomic E-state index is 12.6. The van der Waals surface area contributed by atoms with Crippen LogP contribution >= 0.6 is 0 Å². The minimum atomic E-state index is -0.219. The van der Waals surface area contributed by atoms with E-state index in [2.05, 4.69) is 5.32 Å². The van der Waals surface area contributed by atoms with Crippen LogP contribution in [-0.2, 0) is 9.59 Å². The summed E-state index contributed by atoms with van der Waals surface area (Å²) in [6.07, 6.45) is 6.22. The number of benzene rings is 1. The minimum Gasteiger partial charge on any atom is -0.339 e. The van der Waals surface area contributed by atoms with Gasteiger partial charge in [0, 0.05) is 24.7 Å². The zero-order valence-electron chi connectivity index (χ0n) is 14.1. The zero-order valence-corrected chi connectivity index (χ0v) is 14.1. The van der Waals surface area contributed by atoms with E-state index in [0.29, 0.717) is 19.0 Å². The molecule has 1 heterocycles. The Morgan fingerprint density at radius 1 is 1.13 bits per heavy atom. The third-order valence-electron chi connectivity index (χ3n) is 5.27. The Balaban J connectivity index is 1.66. The molecule has 2 aliphatic rings. The molecule has 1 atom stereocenters. The lowest BCUT2D eigenvalue weighted by Crippen LogP contribution is -2.38. The number of hydrogen-bond donors (Lipinski definition) is 1. The number of nitrogens with zero attached hydrogens (tertiary/aromatic N) is 1. The van der Waals surface area contributed by atoms with Gasteiger partial charge in [0.15, 0.2) is 0 Å². The molecule has 4 nitrogen and oxygen atoms in total. The van der Waals surface area contributed by atoms with Crippen LogP contribution in [-0.4, -0.2) is 29.3 Å². The van der Waals surface area contributed by atoms with Crippen LogP contribution in [0.25, 0.3) is 0 Å². The van der Waals surface area contributed by atoms with Gasteiger partial charge in [-0.1, -0.05) is 37.5 Å². The maximum Gasteiger partial charge on any atom is 0.229 e. The Labute approximate surface area is 138 Å². The van der Waals surface area contributed by atoms with Crippen molar-refractivity contribution in [2.75, 3.05) is 11.9 Å². The quantitative estimate of drug-likeness (QED) is 0.929. The van der Waals surface area contributed by atoms with Crippen LogP contribution in [0.15, 0.2) is 18.2 Å². The molecule has 2 fully saturated rings. The Morgan fingerprint density at radius 2 is 1.78 bits per heavy atom. The molecule has 3 rings (SSSR count). The average Bonchev–Trinajstić information content (AvgIpc) is 2.94. The van der Waals surface area contributed by atoms with Crippen molar-refractivity contribution in [2.24, 2.45) is 5.92 Å². The summed E-state index contributed by atoms with van der Waals surface area (Å²) in [5.74, 6) is -0.0870. The predicted molar refractivity (Wildman–Crippen MR) is 91.2 cm³/mol. The van der Waals surface area contributed by atoms with Crippen LogP contribution in [0.4, 0.5) is 5.69 Å². The van der Waals surface area contributed by atoms with Gasteiger partial charge in [-0.05, 0) is 37.8 Å². The molecular weight excluding hydrogens is 288 g/mol. The van der Waals surface area contributed by atoms with Gasteiger partial charge < -0.3 is 10.2 Å². The summed E-state index contributed by atoms with van der Waals surface area (Å²) in [4.78, 5) is 26.9. The Hall–Kier alpha value is -1.84. The van der Waals surface area contributed by atoms with Gasteiger partial charge in [-0.25, -0.2) is 0 Å². The van der Waals surface area contributed by atoms with Crippen molar-refractivity contribution in [3.8, 4) is 0 Å². The van der Waals surface area contributed by atoms with E-state index >= 15 is 0 Å². The number of aryl methyl sites for hydroxylation is 2. The molecule has 0 bridgehead atoms. The number of carbonyl (C=O) groups excluding carboxylic acids is 2. The summed E-state index contributed by atoms with van der Waals surface area (Å²) in [7, 11) is 0. The smallest absolute Gasteiger partial charge is 0.229 e. The van der Waals surface area contributed by atoms with E-state index in [-0.39, 0.29) is 17.7 Å². The Bertz CT molecular complexity index is 585. The molecule has 1 aliphatic heterocycles. The lowest BCUT2D eigenvalue weighted by molar-refractivity contribution is -0.130. The SMILES string of the molecule is Cc1cccc(C)c1NC(=O)[C@@H]1CC(=O)N(C2CCCCC2)C1. The van der Waals surface area contributed by atoms with Crippen molar-refractivity contribution in [3.05, 3.63) is 29.3 Å². The number of hydrogen-bond acceptors (Lipinski definition) is 2. The summed E-state index contributed by atoms with van der Waals surface area (Å²) < 4.78 is 0. The molecule has 0 unspecified atom stereocenters. The van der Waals surface area contributed by atoms with E-state index in [4.69, 9.17) is 0 Å². The van der Waals surface area contributed by atoms with Gasteiger partial charge in [-0.3, -0.25) is 9.59 Å². The highest BCUT2D eigenvalue weighted by atomic mass is 16.2. The first-order valence-corrected chi connectivity index (χ1v) is 8.73. The summed E-state index contributed by atoms with van der Waals surface area (Å²) in [6, 6.07) is 6.34. The lowest BCUT2D eigenvalue weighted by atomic mass is 9.94. The topological polar surface area (TPSA) is 49.4 Å². The third kappa shape index (κ3) is 3.41. The van der Waals surface area contributed by atoms with Gasteiger partial charge in [0.2, 0.25) is 11.8 Å². The number of amides is 2. The fraction of sp³-hybridized carbons (Fsp3) is 0.579. The van der Waals surface area contributed by atoms with Crippen LogP contribution < -0.4 is 5.32 Å². The van der Waals surface area contributed by atoms with E-state index in [1.54, 1.807) is 0 Å². The van der Waals surface area contributed by atoms with E-state index in [9.17, 15) is 9.59 Å². The summed E-state index contributed by atoms with van der Waals surface area (Å²) in [6.45, 7) is 4.58. The highest BCUT2D eigenvalue weighted by Gasteiger charge is 2.38. The molecule has 1 saturated heterocycles. The van der Waals surface area contributed by atoms with Crippen molar-refractivity contribution >= 4 is 17.5 Å². The van der Waals surface area contributed by atoms with Crippen molar-refractivity contribution < 1.29 is 9.59 Å². The second-order valence-corrected chi connectivity index (χ2v) is 7.00. The average molecular weight is 314 g/mol. The van der Waals surface area contributed by atoms with Crippen molar-refractivity contribution in [3.63, 3.8) is 0 Å². The van der Waals surface area contributed by atoms with Gasteiger partial charge in [0.05, 0.1) is 5.92 Å². The van der Waals surface area contributed by atoms with Crippen LogP contribution in [0.3, 0.4) is 0 Å². The molecule has 1 aromatic carbocycles. The maximum atomic E-state index is 12.6. The summed E-state index contributed by atoms with van der Waals surface area (Å²) in [5.41, 5.74) is 3.01. The number of rotatable bonds is 3. The van der Waals surface area contributed by atoms with E-state index in [0.717, 1.165) is 29.7 Å². The van der Waals surface area contributed by atoms with Crippen molar-refractivity contribution in [1.82, 2.24) is 4.90 Å². The minimum absolute atomic E-state index is 0.0194. The van der Waals surface area contributed by atoms with Crippen molar-refractivity contribution in [1.29, 1.82) is 0 Å². The molecule has 2 amide bonds. The standard InChI is InChI=1S/C19H26N2O2/c1-13-7-6-8-14(2)18(13)20-19(23)15-11-17(22)21(12-15)16-9-4-3-5-10-16/h6-8,15-16H,3-5,9-12H2,1-2H3,(H,20,23)/t15-/m1/s1. The molecule has 1 aliphatic carbocycles. The molecule has 124 valence electrons. The monoisotopic (exact) mass is 314 g/mol. The molecule has 0 radical (unpaired) electrons. The van der Waals surface area contributed by atoms with Gasteiger partial charge in [-0.2, -0.15) is 0 Å². The largest absolute Gasteiger partial charge is 0.339 e. The molecule has 1 saturated carbocycles. The summed E-state index contributed by atoms with van der Waals surface area (Å²) in [5, 5.41) is 3.05. The second kappa shape index (κ2) is 6.73. The first-order valence-electron chi connectivity index (χ1n) is 8.73. The fourth-order valence-corrected chi connectivity index (χ4v) is 3.89. The molecular formula is C19H26N2O2. The van der Waals surface area contributed by atoms with E-state index in [1.165, 1.54) is 19.3 Å². The Kier molecular flexibility index (Phi) is 4.69. The van der Waals surface area contributed by atoms with Gasteiger partial charge >= 0.3 is 0 Å². The molecule has 0 spiro atoms. The van der Waals surface area contributed by atoms with Crippen LogP contribution in [0.2, 0.25) is 0 Å². The molecule has 0 aromatic heterocycles. The number of anilines is 1. The van der Waals surface area contributed by atoms with Gasteiger partial charge in [0.25, 0.3) is 0 Å². The van der Waals surface area contributed by atoms with Crippen LogP contribution in [0.1, 0.15) is 49.7 Å². The lowest BCUT2D eigenvalue weighted by Gasteiger charge is -2.31. The molecule has 4 heteroatoms. The fourth-order valence-electron chi connectivity index (χ4n) is 3.89. The number of carbonyl (C=O) groups is 2. The third-order valence-corrected chi connectivity index (χ3v) is 5.27. The van der Waals surface area contributed by atoms with Gasteiger partial charge in [-0.15, -0.1) is 0 Å².